The predicted octanol–water partition coefficient (Wildman–Crippen LogP) is 4.43. The van der Waals surface area contributed by atoms with E-state index >= 15 is 0 Å². The van der Waals surface area contributed by atoms with Crippen molar-refractivity contribution in [3.05, 3.63) is 65.7 Å². The maximum absolute atomic E-state index is 5.76. The number of benzene rings is 2. The molecule has 3 aromatic rings. The maximum Gasteiger partial charge on any atom is 0.131 e. The molecule has 0 aliphatic carbocycles. The standard InChI is InChI=1S/C17H16N2OS/c1-18-14-7-9-16(10-8-14)20-11-15-12-21-17(19-15)13-5-3-2-4-6-13/h2-10,12,18H,11H2,1H3. The van der Waals surface area contributed by atoms with Gasteiger partial charge in [-0.05, 0) is 24.3 Å². The number of hydrogen-bond acceptors (Lipinski definition) is 4. The zero-order valence-corrected chi connectivity index (χ0v) is 12.6. The molecule has 4 heteroatoms. The molecule has 0 bridgehead atoms. The van der Waals surface area contributed by atoms with Crippen LogP contribution in [0.15, 0.2) is 60.0 Å². The van der Waals surface area contributed by atoms with E-state index in [1.165, 1.54) is 0 Å². The third-order valence-corrected chi connectivity index (χ3v) is 4.04. The molecule has 0 amide bonds. The molecule has 0 saturated carbocycles. The average molecular weight is 296 g/mol. The van der Waals surface area contributed by atoms with Crippen LogP contribution in [-0.4, -0.2) is 12.0 Å². The maximum atomic E-state index is 5.76. The number of ether oxygens (including phenoxy) is 1. The van der Waals surface area contributed by atoms with Gasteiger partial charge in [-0.2, -0.15) is 0 Å². The fourth-order valence-corrected chi connectivity index (χ4v) is 2.77. The van der Waals surface area contributed by atoms with Crippen LogP contribution in [0.3, 0.4) is 0 Å². The van der Waals surface area contributed by atoms with Crippen LogP contribution in [0.5, 0.6) is 5.75 Å². The van der Waals surface area contributed by atoms with Gasteiger partial charge in [0.15, 0.2) is 0 Å². The summed E-state index contributed by atoms with van der Waals surface area (Å²) in [6.07, 6.45) is 0. The van der Waals surface area contributed by atoms with Gasteiger partial charge in [0, 0.05) is 23.7 Å². The summed E-state index contributed by atoms with van der Waals surface area (Å²) >= 11 is 1.64. The van der Waals surface area contributed by atoms with Crippen molar-refractivity contribution in [1.29, 1.82) is 0 Å². The molecule has 0 unspecified atom stereocenters. The minimum Gasteiger partial charge on any atom is -0.487 e. The van der Waals surface area contributed by atoms with Crippen molar-refractivity contribution in [2.75, 3.05) is 12.4 Å². The first-order valence-electron chi connectivity index (χ1n) is 6.75. The molecule has 0 atom stereocenters. The number of hydrogen-bond donors (Lipinski definition) is 1. The first-order chi connectivity index (χ1) is 10.3. The number of thiazole rings is 1. The SMILES string of the molecule is CNc1ccc(OCc2csc(-c3ccccc3)n2)cc1. The van der Waals surface area contributed by atoms with Gasteiger partial charge in [0.25, 0.3) is 0 Å². The van der Waals surface area contributed by atoms with Crippen molar-refractivity contribution in [2.24, 2.45) is 0 Å². The quantitative estimate of drug-likeness (QED) is 0.756. The van der Waals surface area contributed by atoms with E-state index in [0.717, 1.165) is 27.7 Å². The van der Waals surface area contributed by atoms with Gasteiger partial charge in [-0.3, -0.25) is 0 Å². The van der Waals surface area contributed by atoms with E-state index in [2.05, 4.69) is 22.4 Å². The lowest BCUT2D eigenvalue weighted by atomic mass is 10.2. The second kappa shape index (κ2) is 6.41. The lowest BCUT2D eigenvalue weighted by Crippen LogP contribution is -1.96. The predicted molar refractivity (Wildman–Crippen MR) is 87.9 cm³/mol. The fourth-order valence-electron chi connectivity index (χ4n) is 1.96. The van der Waals surface area contributed by atoms with Gasteiger partial charge >= 0.3 is 0 Å². The Kier molecular flexibility index (Phi) is 4.17. The molecule has 1 N–H and O–H groups in total. The van der Waals surface area contributed by atoms with Gasteiger partial charge in [0.05, 0.1) is 5.69 Å². The molecule has 0 saturated heterocycles. The van der Waals surface area contributed by atoms with Crippen LogP contribution in [0.1, 0.15) is 5.69 Å². The minimum atomic E-state index is 0.488. The summed E-state index contributed by atoms with van der Waals surface area (Å²) < 4.78 is 5.76. The summed E-state index contributed by atoms with van der Waals surface area (Å²) in [5.74, 6) is 0.850. The highest BCUT2D eigenvalue weighted by Gasteiger charge is 2.05. The second-order valence-corrected chi connectivity index (χ2v) is 5.43. The van der Waals surface area contributed by atoms with E-state index in [4.69, 9.17) is 4.74 Å². The highest BCUT2D eigenvalue weighted by molar-refractivity contribution is 7.13. The molecule has 106 valence electrons. The number of nitrogens with one attached hydrogen (secondary N) is 1. The zero-order chi connectivity index (χ0) is 14.5. The molecular weight excluding hydrogens is 280 g/mol. The molecule has 3 rings (SSSR count). The molecule has 3 nitrogen and oxygen atoms in total. The van der Waals surface area contributed by atoms with E-state index in [1.807, 2.05) is 54.9 Å². The summed E-state index contributed by atoms with van der Waals surface area (Å²) in [6.45, 7) is 0.488. The Morgan fingerprint density at radius 3 is 2.52 bits per heavy atom. The Labute approximate surface area is 128 Å². The highest BCUT2D eigenvalue weighted by atomic mass is 32.1. The Balaban J connectivity index is 1.64. The third kappa shape index (κ3) is 3.41. The number of rotatable bonds is 5. The average Bonchev–Trinajstić information content (AvgIpc) is 3.03. The summed E-state index contributed by atoms with van der Waals surface area (Å²) in [5.41, 5.74) is 3.17. The fraction of sp³-hybridized carbons (Fsp3) is 0.118. The van der Waals surface area contributed by atoms with Gasteiger partial charge in [0.1, 0.15) is 17.4 Å². The van der Waals surface area contributed by atoms with E-state index < -0.39 is 0 Å². The van der Waals surface area contributed by atoms with Crippen LogP contribution in [0, 0.1) is 0 Å². The zero-order valence-electron chi connectivity index (χ0n) is 11.7. The molecule has 1 heterocycles. The lowest BCUT2D eigenvalue weighted by Gasteiger charge is -2.05. The summed E-state index contributed by atoms with van der Waals surface area (Å²) in [4.78, 5) is 4.61. The van der Waals surface area contributed by atoms with Crippen molar-refractivity contribution < 1.29 is 4.74 Å². The second-order valence-electron chi connectivity index (χ2n) is 4.57. The number of aromatic nitrogens is 1. The van der Waals surface area contributed by atoms with Crippen molar-refractivity contribution in [3.8, 4) is 16.3 Å². The summed E-state index contributed by atoms with van der Waals surface area (Å²) in [5, 5.41) is 6.16. The van der Waals surface area contributed by atoms with Gasteiger partial charge in [-0.1, -0.05) is 30.3 Å². The largest absolute Gasteiger partial charge is 0.487 e. The van der Waals surface area contributed by atoms with E-state index in [1.54, 1.807) is 11.3 Å². The van der Waals surface area contributed by atoms with Crippen LogP contribution in [0.2, 0.25) is 0 Å². The van der Waals surface area contributed by atoms with Gasteiger partial charge in [-0.25, -0.2) is 4.98 Å². The minimum absolute atomic E-state index is 0.488. The first kappa shape index (κ1) is 13.6. The Morgan fingerprint density at radius 2 is 1.81 bits per heavy atom. The smallest absolute Gasteiger partial charge is 0.131 e. The molecule has 1 aromatic heterocycles. The molecule has 0 aliphatic heterocycles. The van der Waals surface area contributed by atoms with Gasteiger partial charge in [0.2, 0.25) is 0 Å². The summed E-state index contributed by atoms with van der Waals surface area (Å²) in [6, 6.07) is 18.1. The Hall–Kier alpha value is -2.33. The molecule has 21 heavy (non-hydrogen) atoms. The topological polar surface area (TPSA) is 34.1 Å². The monoisotopic (exact) mass is 296 g/mol. The molecule has 2 aromatic carbocycles. The third-order valence-electron chi connectivity index (χ3n) is 3.10. The van der Waals surface area contributed by atoms with Crippen LogP contribution in [0.25, 0.3) is 10.6 Å². The molecule has 0 radical (unpaired) electrons. The molecule has 0 spiro atoms. The van der Waals surface area contributed by atoms with Gasteiger partial charge in [-0.15, -0.1) is 11.3 Å². The molecule has 0 fully saturated rings. The summed E-state index contributed by atoms with van der Waals surface area (Å²) in [7, 11) is 1.90. The Bertz CT molecular complexity index is 692. The first-order valence-corrected chi connectivity index (χ1v) is 7.63. The highest BCUT2D eigenvalue weighted by Crippen LogP contribution is 2.24. The van der Waals surface area contributed by atoms with E-state index in [9.17, 15) is 0 Å². The number of nitrogens with zero attached hydrogens (tertiary/aromatic N) is 1. The lowest BCUT2D eigenvalue weighted by molar-refractivity contribution is 0.302. The van der Waals surface area contributed by atoms with Crippen molar-refractivity contribution in [2.45, 2.75) is 6.61 Å². The van der Waals surface area contributed by atoms with E-state index in [-0.39, 0.29) is 0 Å². The Morgan fingerprint density at radius 1 is 1.05 bits per heavy atom. The van der Waals surface area contributed by atoms with Crippen LogP contribution < -0.4 is 10.1 Å². The van der Waals surface area contributed by atoms with Gasteiger partial charge < -0.3 is 10.1 Å². The van der Waals surface area contributed by atoms with Crippen molar-refractivity contribution in [3.63, 3.8) is 0 Å². The van der Waals surface area contributed by atoms with Crippen molar-refractivity contribution >= 4 is 17.0 Å². The van der Waals surface area contributed by atoms with Crippen LogP contribution >= 0.6 is 11.3 Å². The molecular formula is C17H16N2OS. The van der Waals surface area contributed by atoms with Crippen LogP contribution in [-0.2, 0) is 6.61 Å². The van der Waals surface area contributed by atoms with Crippen molar-refractivity contribution in [1.82, 2.24) is 4.98 Å². The van der Waals surface area contributed by atoms with E-state index in [0.29, 0.717) is 6.61 Å². The molecule has 0 aliphatic rings. The normalized spacial score (nSPS) is 10.3. The number of anilines is 1. The van der Waals surface area contributed by atoms with Crippen LogP contribution in [0.4, 0.5) is 5.69 Å².